The van der Waals surface area contributed by atoms with Gasteiger partial charge in [-0.05, 0) is 25.1 Å². The number of halogens is 2. The summed E-state index contributed by atoms with van der Waals surface area (Å²) in [6.07, 6.45) is 0. The van der Waals surface area contributed by atoms with Crippen LogP contribution >= 0.6 is 0 Å². The number of amides is 1. The first-order valence-electron chi connectivity index (χ1n) is 7.17. The molecule has 3 aromatic rings. The molecule has 0 radical (unpaired) electrons. The molecule has 0 fully saturated rings. The molecule has 0 spiro atoms. The number of hydrogen-bond donors (Lipinski definition) is 1. The zero-order valence-electron chi connectivity index (χ0n) is 12.7. The molecule has 1 N–H and O–H groups in total. The quantitative estimate of drug-likeness (QED) is 0.803. The van der Waals surface area contributed by atoms with Crippen molar-refractivity contribution in [2.45, 2.75) is 13.5 Å². The fourth-order valence-corrected chi connectivity index (χ4v) is 2.44. The highest BCUT2D eigenvalue weighted by atomic mass is 19.1. The largest absolute Gasteiger partial charge is 0.320 e. The number of rotatable bonds is 3. The maximum atomic E-state index is 13.6. The Hall–Kier alpha value is -3.09. The Balaban J connectivity index is 1.91. The SMILES string of the molecule is Cc1nn(CC(=O)Nc2c(F)cccc2F)c(=O)c2ccccc12. The van der Waals surface area contributed by atoms with E-state index in [1.54, 1.807) is 31.2 Å². The van der Waals surface area contributed by atoms with E-state index in [9.17, 15) is 18.4 Å². The number of nitrogens with zero attached hydrogens (tertiary/aromatic N) is 2. The van der Waals surface area contributed by atoms with Crippen LogP contribution in [0.25, 0.3) is 10.8 Å². The average molecular weight is 329 g/mol. The molecule has 0 aliphatic carbocycles. The molecular weight excluding hydrogens is 316 g/mol. The predicted molar refractivity (Wildman–Crippen MR) is 85.7 cm³/mol. The summed E-state index contributed by atoms with van der Waals surface area (Å²) in [5.74, 6) is -2.53. The van der Waals surface area contributed by atoms with E-state index in [-0.39, 0.29) is 0 Å². The van der Waals surface area contributed by atoms with Gasteiger partial charge in [-0.1, -0.05) is 24.3 Å². The van der Waals surface area contributed by atoms with Crippen LogP contribution in [0.15, 0.2) is 47.3 Å². The second-order valence-electron chi connectivity index (χ2n) is 5.24. The van der Waals surface area contributed by atoms with Gasteiger partial charge in [-0.2, -0.15) is 5.10 Å². The number of hydrogen-bond acceptors (Lipinski definition) is 3. The first-order chi connectivity index (χ1) is 11.5. The fraction of sp³-hybridized carbons (Fsp3) is 0.118. The zero-order valence-corrected chi connectivity index (χ0v) is 12.7. The minimum Gasteiger partial charge on any atom is -0.320 e. The van der Waals surface area contributed by atoms with Crippen LogP contribution in [0.5, 0.6) is 0 Å². The second kappa shape index (κ2) is 6.19. The van der Waals surface area contributed by atoms with E-state index in [0.29, 0.717) is 16.5 Å². The van der Waals surface area contributed by atoms with Crippen LogP contribution in [0, 0.1) is 18.6 Å². The Labute approximate surface area is 135 Å². The van der Waals surface area contributed by atoms with Crippen molar-refractivity contribution in [1.29, 1.82) is 0 Å². The highest BCUT2D eigenvalue weighted by molar-refractivity contribution is 5.91. The normalized spacial score (nSPS) is 10.8. The highest BCUT2D eigenvalue weighted by Crippen LogP contribution is 2.18. The van der Waals surface area contributed by atoms with E-state index in [2.05, 4.69) is 10.4 Å². The molecule has 0 unspecified atom stereocenters. The van der Waals surface area contributed by atoms with Crippen LogP contribution in [0.3, 0.4) is 0 Å². The van der Waals surface area contributed by atoms with Gasteiger partial charge in [-0.15, -0.1) is 0 Å². The van der Waals surface area contributed by atoms with Gasteiger partial charge in [-0.25, -0.2) is 13.5 Å². The van der Waals surface area contributed by atoms with Crippen molar-refractivity contribution < 1.29 is 13.6 Å². The van der Waals surface area contributed by atoms with Gasteiger partial charge in [-0.3, -0.25) is 9.59 Å². The molecule has 0 saturated heterocycles. The molecule has 1 heterocycles. The Morgan fingerprint density at radius 2 is 1.71 bits per heavy atom. The summed E-state index contributed by atoms with van der Waals surface area (Å²) in [4.78, 5) is 24.4. The van der Waals surface area contributed by atoms with Gasteiger partial charge in [0.15, 0.2) is 0 Å². The van der Waals surface area contributed by atoms with E-state index < -0.39 is 35.3 Å². The number of aromatic nitrogens is 2. The summed E-state index contributed by atoms with van der Waals surface area (Å²) in [6.45, 7) is 1.27. The Bertz CT molecular complexity index is 979. The molecule has 2 aromatic carbocycles. The molecule has 1 amide bonds. The van der Waals surface area contributed by atoms with Crippen molar-refractivity contribution in [3.63, 3.8) is 0 Å². The topological polar surface area (TPSA) is 64.0 Å². The lowest BCUT2D eigenvalue weighted by atomic mass is 10.1. The summed E-state index contributed by atoms with van der Waals surface area (Å²) >= 11 is 0. The second-order valence-corrected chi connectivity index (χ2v) is 5.24. The minimum atomic E-state index is -0.890. The van der Waals surface area contributed by atoms with Gasteiger partial charge in [0.1, 0.15) is 23.9 Å². The van der Waals surface area contributed by atoms with Crippen molar-refractivity contribution in [3.8, 4) is 0 Å². The molecule has 3 rings (SSSR count). The smallest absolute Gasteiger partial charge is 0.275 e. The number of para-hydroxylation sites is 1. The molecule has 24 heavy (non-hydrogen) atoms. The van der Waals surface area contributed by atoms with E-state index in [1.807, 2.05) is 0 Å². The van der Waals surface area contributed by atoms with Crippen molar-refractivity contribution in [3.05, 3.63) is 70.1 Å². The van der Waals surface area contributed by atoms with Crippen molar-refractivity contribution in [1.82, 2.24) is 9.78 Å². The molecule has 0 aliphatic rings. The van der Waals surface area contributed by atoms with E-state index in [1.165, 1.54) is 6.07 Å². The van der Waals surface area contributed by atoms with Gasteiger partial charge in [0, 0.05) is 5.39 Å². The van der Waals surface area contributed by atoms with Gasteiger partial charge in [0.2, 0.25) is 5.91 Å². The third kappa shape index (κ3) is 2.88. The van der Waals surface area contributed by atoms with E-state index >= 15 is 0 Å². The molecule has 0 saturated carbocycles. The number of fused-ring (bicyclic) bond motifs is 1. The van der Waals surface area contributed by atoms with Gasteiger partial charge < -0.3 is 5.32 Å². The third-order valence-corrected chi connectivity index (χ3v) is 3.57. The number of nitrogens with one attached hydrogen (secondary N) is 1. The number of aryl methyl sites for hydroxylation is 1. The van der Waals surface area contributed by atoms with Gasteiger partial charge >= 0.3 is 0 Å². The first-order valence-corrected chi connectivity index (χ1v) is 7.17. The van der Waals surface area contributed by atoms with E-state index in [4.69, 9.17) is 0 Å². The minimum absolute atomic E-state index is 0.426. The van der Waals surface area contributed by atoms with Gasteiger partial charge in [0.25, 0.3) is 5.56 Å². The van der Waals surface area contributed by atoms with Crippen LogP contribution in [0.2, 0.25) is 0 Å². The lowest BCUT2D eigenvalue weighted by Gasteiger charge is -2.10. The Kier molecular flexibility index (Phi) is 4.07. The summed E-state index contributed by atoms with van der Waals surface area (Å²) < 4.78 is 28.1. The lowest BCUT2D eigenvalue weighted by Crippen LogP contribution is -2.30. The number of carbonyl (C=O) groups is 1. The Morgan fingerprint density at radius 3 is 2.38 bits per heavy atom. The third-order valence-electron chi connectivity index (χ3n) is 3.57. The van der Waals surface area contributed by atoms with Crippen molar-refractivity contribution >= 4 is 22.4 Å². The van der Waals surface area contributed by atoms with Crippen LogP contribution < -0.4 is 10.9 Å². The first kappa shape index (κ1) is 15.8. The predicted octanol–water partition coefficient (Wildman–Crippen LogP) is 2.62. The van der Waals surface area contributed by atoms with Crippen LogP contribution in [-0.2, 0) is 11.3 Å². The summed E-state index contributed by atoms with van der Waals surface area (Å²) in [5, 5.41) is 7.34. The van der Waals surface area contributed by atoms with Crippen LogP contribution in [-0.4, -0.2) is 15.7 Å². The average Bonchev–Trinajstić information content (AvgIpc) is 2.56. The maximum absolute atomic E-state index is 13.6. The van der Waals surface area contributed by atoms with Crippen molar-refractivity contribution in [2.75, 3.05) is 5.32 Å². The molecule has 0 bridgehead atoms. The fourth-order valence-electron chi connectivity index (χ4n) is 2.44. The lowest BCUT2D eigenvalue weighted by molar-refractivity contribution is -0.117. The summed E-state index contributed by atoms with van der Waals surface area (Å²) in [7, 11) is 0. The summed E-state index contributed by atoms with van der Waals surface area (Å²) in [5.41, 5.74) is -0.413. The molecule has 5 nitrogen and oxygen atoms in total. The number of carbonyl (C=O) groups excluding carboxylic acids is 1. The molecule has 7 heteroatoms. The van der Waals surface area contributed by atoms with Crippen LogP contribution in [0.4, 0.5) is 14.5 Å². The standard InChI is InChI=1S/C17H13F2N3O2/c1-10-11-5-2-3-6-12(11)17(24)22(21-10)9-15(23)20-16-13(18)7-4-8-14(16)19/h2-8H,9H2,1H3,(H,20,23). The molecule has 0 aliphatic heterocycles. The molecule has 122 valence electrons. The highest BCUT2D eigenvalue weighted by Gasteiger charge is 2.14. The number of anilines is 1. The zero-order chi connectivity index (χ0) is 17.3. The van der Waals surface area contributed by atoms with Crippen LogP contribution in [0.1, 0.15) is 5.69 Å². The number of benzene rings is 2. The molecular formula is C17H13F2N3O2. The maximum Gasteiger partial charge on any atom is 0.275 e. The molecule has 0 atom stereocenters. The Morgan fingerprint density at radius 1 is 1.08 bits per heavy atom. The monoisotopic (exact) mass is 329 g/mol. The van der Waals surface area contributed by atoms with Gasteiger partial charge in [0.05, 0.1) is 11.1 Å². The summed E-state index contributed by atoms with van der Waals surface area (Å²) in [6, 6.07) is 10.2. The molecule has 1 aromatic heterocycles. The van der Waals surface area contributed by atoms with E-state index in [0.717, 1.165) is 16.8 Å². The van der Waals surface area contributed by atoms with Crippen molar-refractivity contribution in [2.24, 2.45) is 0 Å².